The van der Waals surface area contributed by atoms with Crippen molar-refractivity contribution in [2.45, 2.75) is 77.7 Å². The van der Waals surface area contributed by atoms with Crippen LogP contribution in [0.25, 0.3) is 0 Å². The summed E-state index contributed by atoms with van der Waals surface area (Å²) >= 11 is 0. The van der Waals surface area contributed by atoms with Gasteiger partial charge in [0.25, 0.3) is 0 Å². The van der Waals surface area contributed by atoms with E-state index < -0.39 is 7.82 Å². The summed E-state index contributed by atoms with van der Waals surface area (Å²) in [5, 5.41) is 0. The maximum atomic E-state index is 12.5. The van der Waals surface area contributed by atoms with Gasteiger partial charge in [0.1, 0.15) is 5.78 Å². The highest BCUT2D eigenvalue weighted by molar-refractivity contribution is 7.46. The number of ketones is 1. The van der Waals surface area contributed by atoms with Crippen LogP contribution in [0.3, 0.4) is 0 Å². The van der Waals surface area contributed by atoms with E-state index in [1.807, 2.05) is 0 Å². The van der Waals surface area contributed by atoms with Crippen LogP contribution in [-0.4, -0.2) is 21.7 Å². The molecule has 0 spiro atoms. The number of phosphoric ester groups is 1. The maximum Gasteiger partial charge on any atom is 0.469 e. The van der Waals surface area contributed by atoms with Crippen LogP contribution in [0.1, 0.15) is 71.6 Å². The molecule has 0 radical (unpaired) electrons. The van der Waals surface area contributed by atoms with E-state index in [-0.39, 0.29) is 16.9 Å². The normalized spacial score (nSPS) is 50.1. The Morgan fingerprint density at radius 2 is 1.80 bits per heavy atom. The van der Waals surface area contributed by atoms with Crippen LogP contribution in [0.4, 0.5) is 0 Å². The summed E-state index contributed by atoms with van der Waals surface area (Å²) in [5.41, 5.74) is 0.162. The quantitative estimate of drug-likeness (QED) is 0.716. The van der Waals surface area contributed by atoms with Gasteiger partial charge in [-0.05, 0) is 80.5 Å². The molecule has 2 N–H and O–H groups in total. The summed E-state index contributed by atoms with van der Waals surface area (Å²) in [6.45, 7) is 4.62. The molecule has 7 atom stereocenters. The molecule has 0 unspecified atom stereocenters. The molecular weight excluding hydrogens is 339 g/mol. The first-order valence-corrected chi connectivity index (χ1v) is 11.4. The summed E-state index contributed by atoms with van der Waals surface area (Å²) in [4.78, 5) is 30.7. The third-order valence-corrected chi connectivity index (χ3v) is 9.19. The Balaban J connectivity index is 1.53. The van der Waals surface area contributed by atoms with E-state index in [0.717, 1.165) is 51.4 Å². The van der Waals surface area contributed by atoms with Crippen molar-refractivity contribution in [3.63, 3.8) is 0 Å². The van der Waals surface area contributed by atoms with Crippen LogP contribution in [-0.2, 0) is 13.9 Å². The molecule has 0 aliphatic heterocycles. The van der Waals surface area contributed by atoms with E-state index in [1.54, 1.807) is 0 Å². The lowest BCUT2D eigenvalue weighted by atomic mass is 9.45. The Hall–Kier alpha value is -0.220. The molecule has 25 heavy (non-hydrogen) atoms. The zero-order valence-electron chi connectivity index (χ0n) is 15.3. The number of fused-ring (bicyclic) bond motifs is 5. The molecule has 4 fully saturated rings. The Morgan fingerprint density at radius 1 is 1.04 bits per heavy atom. The molecule has 0 aromatic rings. The average Bonchev–Trinajstić information content (AvgIpc) is 2.82. The molecule has 5 nitrogen and oxygen atoms in total. The molecular formula is C19H31O5P. The lowest BCUT2D eigenvalue weighted by Crippen LogP contribution is -2.54. The highest BCUT2D eigenvalue weighted by atomic mass is 31.2. The maximum absolute atomic E-state index is 12.5. The molecule has 0 amide bonds. The zero-order valence-corrected chi connectivity index (χ0v) is 16.2. The minimum absolute atomic E-state index is 0.0783. The van der Waals surface area contributed by atoms with Gasteiger partial charge in [-0.15, -0.1) is 0 Å². The van der Waals surface area contributed by atoms with Gasteiger partial charge in [-0.1, -0.05) is 13.8 Å². The highest BCUT2D eigenvalue weighted by Crippen LogP contribution is 2.65. The fourth-order valence-corrected chi connectivity index (χ4v) is 7.86. The van der Waals surface area contributed by atoms with Gasteiger partial charge in [0.2, 0.25) is 0 Å². The molecule has 0 saturated heterocycles. The Morgan fingerprint density at radius 3 is 2.52 bits per heavy atom. The Bertz CT molecular complexity index is 615. The number of carbonyl (C=O) groups excluding carboxylic acids is 1. The molecule has 4 aliphatic carbocycles. The number of Topliss-reactive ketones (excluding diaryl/α,β-unsaturated/α-hetero) is 1. The van der Waals surface area contributed by atoms with E-state index in [9.17, 15) is 9.36 Å². The van der Waals surface area contributed by atoms with Crippen LogP contribution >= 0.6 is 7.82 Å². The molecule has 0 aromatic carbocycles. The first kappa shape index (κ1) is 18.2. The number of carbonyl (C=O) groups is 1. The highest BCUT2D eigenvalue weighted by Gasteiger charge is 2.60. The fraction of sp³-hybridized carbons (Fsp3) is 0.947. The number of hydrogen-bond acceptors (Lipinski definition) is 3. The van der Waals surface area contributed by atoms with Gasteiger partial charge >= 0.3 is 7.82 Å². The summed E-state index contributed by atoms with van der Waals surface area (Å²) < 4.78 is 16.2. The first-order valence-electron chi connectivity index (χ1n) is 9.91. The lowest BCUT2D eigenvalue weighted by molar-refractivity contribution is -0.141. The molecule has 0 heterocycles. The number of phosphoric acid groups is 1. The van der Waals surface area contributed by atoms with Crippen molar-refractivity contribution in [2.75, 3.05) is 0 Å². The van der Waals surface area contributed by atoms with Gasteiger partial charge in [-0.2, -0.15) is 0 Å². The van der Waals surface area contributed by atoms with Gasteiger partial charge in [-0.25, -0.2) is 4.57 Å². The number of hydrogen-bond donors (Lipinski definition) is 2. The SMILES string of the molecule is C[C@]12CC[C@@H](OP(=O)(O)O)C[C@@H]1CC[C@@H]1[C@@H]2CC[C@]2(C)C(=O)CC[C@@H]12. The Kier molecular flexibility index (Phi) is 4.28. The second-order valence-corrected chi connectivity index (χ2v) is 10.8. The molecule has 0 aromatic heterocycles. The first-order chi connectivity index (χ1) is 11.6. The number of rotatable bonds is 2. The summed E-state index contributed by atoms with van der Waals surface area (Å²) in [7, 11) is -4.40. The van der Waals surface area contributed by atoms with Crippen LogP contribution in [0.15, 0.2) is 0 Å². The van der Waals surface area contributed by atoms with E-state index in [4.69, 9.17) is 14.3 Å². The molecule has 4 saturated carbocycles. The van der Waals surface area contributed by atoms with Crippen molar-refractivity contribution in [1.82, 2.24) is 0 Å². The smallest absolute Gasteiger partial charge is 0.303 e. The predicted molar refractivity (Wildman–Crippen MR) is 93.7 cm³/mol. The second-order valence-electron chi connectivity index (χ2n) is 9.57. The molecule has 142 valence electrons. The fourth-order valence-electron chi connectivity index (χ4n) is 7.28. The monoisotopic (exact) mass is 370 g/mol. The van der Waals surface area contributed by atoms with Crippen molar-refractivity contribution >= 4 is 13.6 Å². The van der Waals surface area contributed by atoms with Gasteiger partial charge in [0, 0.05) is 11.8 Å². The van der Waals surface area contributed by atoms with Gasteiger partial charge in [-0.3, -0.25) is 9.32 Å². The van der Waals surface area contributed by atoms with Crippen molar-refractivity contribution < 1.29 is 23.7 Å². The van der Waals surface area contributed by atoms with E-state index in [0.29, 0.717) is 29.5 Å². The van der Waals surface area contributed by atoms with Crippen molar-refractivity contribution in [3.05, 3.63) is 0 Å². The summed E-state index contributed by atoms with van der Waals surface area (Å²) in [6, 6.07) is 0. The molecule has 0 bridgehead atoms. The van der Waals surface area contributed by atoms with Crippen molar-refractivity contribution in [3.8, 4) is 0 Å². The van der Waals surface area contributed by atoms with E-state index >= 15 is 0 Å². The summed E-state index contributed by atoms with van der Waals surface area (Å²) in [5.74, 6) is 2.85. The zero-order chi connectivity index (χ0) is 18.0. The van der Waals surface area contributed by atoms with E-state index in [2.05, 4.69) is 13.8 Å². The third-order valence-electron chi connectivity index (χ3n) is 8.61. The van der Waals surface area contributed by atoms with Crippen molar-refractivity contribution in [1.29, 1.82) is 0 Å². The minimum atomic E-state index is -4.40. The van der Waals surface area contributed by atoms with Gasteiger partial charge < -0.3 is 9.79 Å². The van der Waals surface area contributed by atoms with Gasteiger partial charge in [0.15, 0.2) is 0 Å². The van der Waals surface area contributed by atoms with Crippen LogP contribution < -0.4 is 0 Å². The minimum Gasteiger partial charge on any atom is -0.303 e. The van der Waals surface area contributed by atoms with Gasteiger partial charge in [0.05, 0.1) is 6.10 Å². The molecule has 4 aliphatic rings. The lowest BCUT2D eigenvalue weighted by Gasteiger charge is -2.60. The molecule has 6 heteroatoms. The Labute approximate surface area is 150 Å². The molecule has 4 rings (SSSR count). The van der Waals surface area contributed by atoms with Crippen LogP contribution in [0.5, 0.6) is 0 Å². The largest absolute Gasteiger partial charge is 0.469 e. The second kappa shape index (κ2) is 5.89. The average molecular weight is 370 g/mol. The summed E-state index contributed by atoms with van der Waals surface area (Å²) in [6.07, 6.45) is 8.47. The third kappa shape index (κ3) is 2.86. The standard InChI is InChI=1S/C19H31O5P/c1-18-9-7-13(24-25(21,22)23)11-12(18)3-4-14-15-5-6-17(20)19(15,2)10-8-16(14)18/h12-16H,3-11H2,1-2H3,(H2,21,22,23)/t12-,13+,14-,15-,16-,18-,19-/m0/s1. The van der Waals surface area contributed by atoms with Crippen LogP contribution in [0.2, 0.25) is 0 Å². The van der Waals surface area contributed by atoms with Crippen molar-refractivity contribution in [2.24, 2.45) is 34.5 Å². The van der Waals surface area contributed by atoms with E-state index in [1.165, 1.54) is 6.42 Å². The van der Waals surface area contributed by atoms with Crippen LogP contribution in [0, 0.1) is 34.5 Å². The predicted octanol–water partition coefficient (Wildman–Crippen LogP) is 4.08. The topological polar surface area (TPSA) is 83.8 Å².